The van der Waals surface area contributed by atoms with E-state index in [0.717, 1.165) is 4.90 Å². The molecule has 0 aliphatic carbocycles. The predicted octanol–water partition coefficient (Wildman–Crippen LogP) is 2.66. The van der Waals surface area contributed by atoms with Crippen LogP contribution in [0.5, 0.6) is 17.2 Å². The van der Waals surface area contributed by atoms with Gasteiger partial charge in [0.15, 0.2) is 11.5 Å². The van der Waals surface area contributed by atoms with Crippen molar-refractivity contribution in [3.63, 3.8) is 0 Å². The molecule has 1 fully saturated rings. The molecule has 0 atom stereocenters. The summed E-state index contributed by atoms with van der Waals surface area (Å²) in [6, 6.07) is 8.73. The van der Waals surface area contributed by atoms with Gasteiger partial charge in [-0.2, -0.15) is 0 Å². The number of benzene rings is 2. The lowest BCUT2D eigenvalue weighted by Crippen LogP contribution is -2.30. The SMILES string of the molecule is COc1cc(/C=C2/NC(=O)N(Cc3ccccc3F)C2=O)cc2c1OCO2. The summed E-state index contributed by atoms with van der Waals surface area (Å²) in [5.41, 5.74) is 0.928. The summed E-state index contributed by atoms with van der Waals surface area (Å²) in [4.78, 5) is 25.7. The van der Waals surface area contributed by atoms with Crippen LogP contribution in [0.1, 0.15) is 11.1 Å². The van der Waals surface area contributed by atoms with Gasteiger partial charge in [-0.15, -0.1) is 0 Å². The standard InChI is InChI=1S/C19H15FN2O5/c1-25-15-7-11(8-16-17(15)27-10-26-16)6-14-18(23)22(19(24)21-14)9-12-4-2-3-5-13(12)20/h2-8H,9-10H2,1H3,(H,21,24)/b14-6+. The molecule has 1 saturated heterocycles. The van der Waals surface area contributed by atoms with Crippen LogP contribution in [0.2, 0.25) is 0 Å². The minimum Gasteiger partial charge on any atom is -0.493 e. The van der Waals surface area contributed by atoms with E-state index in [1.54, 1.807) is 24.3 Å². The Morgan fingerprint density at radius 3 is 2.85 bits per heavy atom. The smallest absolute Gasteiger partial charge is 0.329 e. The molecule has 0 radical (unpaired) electrons. The third-order valence-corrected chi connectivity index (χ3v) is 4.24. The lowest BCUT2D eigenvalue weighted by molar-refractivity contribution is -0.123. The van der Waals surface area contributed by atoms with Gasteiger partial charge in [-0.25, -0.2) is 9.18 Å². The number of fused-ring (bicyclic) bond motifs is 1. The van der Waals surface area contributed by atoms with Gasteiger partial charge in [0.2, 0.25) is 12.5 Å². The van der Waals surface area contributed by atoms with Crippen LogP contribution in [0.15, 0.2) is 42.1 Å². The first kappa shape index (κ1) is 16.9. The number of halogens is 1. The second-order valence-corrected chi connectivity index (χ2v) is 5.93. The van der Waals surface area contributed by atoms with Crippen molar-refractivity contribution in [2.75, 3.05) is 13.9 Å². The first-order valence-electron chi connectivity index (χ1n) is 8.12. The molecule has 27 heavy (non-hydrogen) atoms. The van der Waals surface area contributed by atoms with Crippen LogP contribution in [0, 0.1) is 5.82 Å². The molecule has 2 aromatic rings. The fourth-order valence-corrected chi connectivity index (χ4v) is 2.91. The lowest BCUT2D eigenvalue weighted by atomic mass is 10.1. The van der Waals surface area contributed by atoms with Gasteiger partial charge < -0.3 is 19.5 Å². The number of imide groups is 1. The quantitative estimate of drug-likeness (QED) is 0.661. The fraction of sp³-hybridized carbons (Fsp3) is 0.158. The van der Waals surface area contributed by atoms with Crippen LogP contribution in [-0.2, 0) is 11.3 Å². The van der Waals surface area contributed by atoms with E-state index in [-0.39, 0.29) is 24.6 Å². The topological polar surface area (TPSA) is 77.1 Å². The van der Waals surface area contributed by atoms with Crippen LogP contribution in [0.4, 0.5) is 9.18 Å². The van der Waals surface area contributed by atoms with Crippen LogP contribution >= 0.6 is 0 Å². The number of ether oxygens (including phenoxy) is 3. The third-order valence-electron chi connectivity index (χ3n) is 4.24. The van der Waals surface area contributed by atoms with Gasteiger partial charge in [-0.1, -0.05) is 18.2 Å². The van der Waals surface area contributed by atoms with Crippen molar-refractivity contribution in [2.24, 2.45) is 0 Å². The highest BCUT2D eigenvalue weighted by atomic mass is 19.1. The molecular weight excluding hydrogens is 355 g/mol. The molecule has 0 aromatic heterocycles. The normalized spacial score (nSPS) is 16.8. The summed E-state index contributed by atoms with van der Waals surface area (Å²) in [7, 11) is 1.49. The van der Waals surface area contributed by atoms with E-state index >= 15 is 0 Å². The second-order valence-electron chi connectivity index (χ2n) is 5.93. The van der Waals surface area contributed by atoms with Crippen LogP contribution < -0.4 is 19.5 Å². The number of rotatable bonds is 4. The molecule has 7 nitrogen and oxygen atoms in total. The van der Waals surface area contributed by atoms with Crippen molar-refractivity contribution in [3.8, 4) is 17.2 Å². The third kappa shape index (κ3) is 3.05. The Bertz CT molecular complexity index is 973. The summed E-state index contributed by atoms with van der Waals surface area (Å²) < 4.78 is 29.8. The van der Waals surface area contributed by atoms with Crippen LogP contribution in [0.3, 0.4) is 0 Å². The molecule has 0 saturated carbocycles. The zero-order valence-corrected chi connectivity index (χ0v) is 14.3. The van der Waals surface area contributed by atoms with Crippen molar-refractivity contribution in [1.82, 2.24) is 10.2 Å². The first-order chi connectivity index (χ1) is 13.1. The number of carbonyl (C=O) groups is 2. The monoisotopic (exact) mass is 370 g/mol. The number of carbonyl (C=O) groups excluding carboxylic acids is 2. The zero-order valence-electron chi connectivity index (χ0n) is 14.3. The van der Waals surface area contributed by atoms with E-state index in [1.165, 1.54) is 25.3 Å². The number of nitrogens with zero attached hydrogens (tertiary/aromatic N) is 1. The summed E-state index contributed by atoms with van der Waals surface area (Å²) in [6.45, 7) is -0.0725. The number of methoxy groups -OCH3 is 1. The lowest BCUT2D eigenvalue weighted by Gasteiger charge is -2.12. The minimum absolute atomic E-state index is 0.0808. The van der Waals surface area contributed by atoms with E-state index in [9.17, 15) is 14.0 Å². The maximum atomic E-state index is 13.8. The Morgan fingerprint density at radius 1 is 1.26 bits per heavy atom. The Kier molecular flexibility index (Phi) is 4.15. The molecule has 3 amide bonds. The summed E-state index contributed by atoms with van der Waals surface area (Å²) in [6.07, 6.45) is 1.51. The fourth-order valence-electron chi connectivity index (χ4n) is 2.91. The summed E-state index contributed by atoms with van der Waals surface area (Å²) >= 11 is 0. The molecule has 2 aliphatic rings. The summed E-state index contributed by atoms with van der Waals surface area (Å²) in [5, 5.41) is 2.51. The highest BCUT2D eigenvalue weighted by molar-refractivity contribution is 6.13. The van der Waals surface area contributed by atoms with Crippen molar-refractivity contribution in [1.29, 1.82) is 0 Å². The van der Waals surface area contributed by atoms with E-state index in [0.29, 0.717) is 22.8 Å². The Hall–Kier alpha value is -3.55. The van der Waals surface area contributed by atoms with Gasteiger partial charge in [0, 0.05) is 5.56 Å². The molecule has 1 N–H and O–H groups in total. The Balaban J connectivity index is 1.61. The van der Waals surface area contributed by atoms with E-state index in [1.807, 2.05) is 0 Å². The molecule has 0 unspecified atom stereocenters. The number of nitrogens with one attached hydrogen (secondary N) is 1. The Morgan fingerprint density at radius 2 is 2.07 bits per heavy atom. The second kappa shape index (κ2) is 6.64. The van der Waals surface area contributed by atoms with Gasteiger partial charge in [-0.05, 0) is 29.8 Å². The van der Waals surface area contributed by atoms with Crippen molar-refractivity contribution in [3.05, 3.63) is 59.0 Å². The van der Waals surface area contributed by atoms with Gasteiger partial charge in [0.1, 0.15) is 11.5 Å². The van der Waals surface area contributed by atoms with Crippen LogP contribution in [0.25, 0.3) is 6.08 Å². The van der Waals surface area contributed by atoms with Crippen molar-refractivity contribution in [2.45, 2.75) is 6.54 Å². The molecule has 138 valence electrons. The zero-order chi connectivity index (χ0) is 19.0. The molecule has 0 spiro atoms. The van der Waals surface area contributed by atoms with E-state index in [4.69, 9.17) is 14.2 Å². The van der Waals surface area contributed by atoms with Gasteiger partial charge >= 0.3 is 6.03 Å². The average Bonchev–Trinajstić information content (AvgIpc) is 3.23. The molecule has 2 aromatic carbocycles. The first-order valence-corrected chi connectivity index (χ1v) is 8.12. The predicted molar refractivity (Wildman–Crippen MR) is 92.6 cm³/mol. The number of amides is 3. The maximum Gasteiger partial charge on any atom is 0.329 e. The van der Waals surface area contributed by atoms with Gasteiger partial charge in [0.05, 0.1) is 13.7 Å². The number of hydrogen-bond acceptors (Lipinski definition) is 5. The molecular formula is C19H15FN2O5. The highest BCUT2D eigenvalue weighted by Crippen LogP contribution is 2.42. The van der Waals surface area contributed by atoms with Gasteiger partial charge in [-0.3, -0.25) is 9.69 Å². The molecule has 2 heterocycles. The van der Waals surface area contributed by atoms with E-state index in [2.05, 4.69) is 5.32 Å². The number of urea groups is 1. The van der Waals surface area contributed by atoms with Crippen molar-refractivity contribution < 1.29 is 28.2 Å². The Labute approximate surface area is 153 Å². The largest absolute Gasteiger partial charge is 0.493 e. The number of hydrogen-bond donors (Lipinski definition) is 1. The minimum atomic E-state index is -0.609. The molecule has 8 heteroatoms. The maximum absolute atomic E-state index is 13.8. The summed E-state index contributed by atoms with van der Waals surface area (Å²) in [5.74, 6) is 0.413. The molecule has 0 bridgehead atoms. The molecule has 2 aliphatic heterocycles. The van der Waals surface area contributed by atoms with Crippen LogP contribution in [-0.4, -0.2) is 30.7 Å². The van der Waals surface area contributed by atoms with E-state index < -0.39 is 17.8 Å². The highest BCUT2D eigenvalue weighted by Gasteiger charge is 2.34. The molecule has 4 rings (SSSR count). The average molecular weight is 370 g/mol. The van der Waals surface area contributed by atoms with Crippen molar-refractivity contribution >= 4 is 18.0 Å². The van der Waals surface area contributed by atoms with Gasteiger partial charge in [0.25, 0.3) is 5.91 Å².